The van der Waals surface area contributed by atoms with Gasteiger partial charge in [0.2, 0.25) is 10.0 Å². The Hall–Kier alpha value is 0.0900. The molecule has 1 atom stereocenters. The first-order valence-corrected chi connectivity index (χ1v) is 8.73. The molecule has 96 valence electrons. The van der Waals surface area contributed by atoms with Gasteiger partial charge in [0.05, 0.1) is 4.90 Å². The summed E-state index contributed by atoms with van der Waals surface area (Å²) in [5.74, 6) is 0. The van der Waals surface area contributed by atoms with Gasteiger partial charge >= 0.3 is 0 Å². The molecular formula is C11H15Br2NO2S. The van der Waals surface area contributed by atoms with Crippen LogP contribution in [0.1, 0.15) is 19.8 Å². The molecule has 0 fully saturated rings. The van der Waals surface area contributed by atoms with Crippen molar-refractivity contribution in [2.75, 3.05) is 5.33 Å². The third kappa shape index (κ3) is 4.69. The average molecular weight is 385 g/mol. The number of rotatable bonds is 6. The van der Waals surface area contributed by atoms with Gasteiger partial charge in [0, 0.05) is 15.8 Å². The zero-order chi connectivity index (χ0) is 12.9. The minimum Gasteiger partial charge on any atom is -0.208 e. The molecule has 0 radical (unpaired) electrons. The van der Waals surface area contributed by atoms with Crippen molar-refractivity contribution in [2.45, 2.75) is 30.7 Å². The highest BCUT2D eigenvalue weighted by atomic mass is 79.9. The predicted molar refractivity (Wildman–Crippen MR) is 77.0 cm³/mol. The van der Waals surface area contributed by atoms with E-state index in [-0.39, 0.29) is 6.04 Å². The molecule has 0 aliphatic rings. The van der Waals surface area contributed by atoms with E-state index in [9.17, 15) is 8.42 Å². The van der Waals surface area contributed by atoms with E-state index in [4.69, 9.17) is 0 Å². The zero-order valence-electron chi connectivity index (χ0n) is 9.49. The van der Waals surface area contributed by atoms with Crippen molar-refractivity contribution in [1.82, 2.24) is 4.72 Å². The maximum absolute atomic E-state index is 12.0. The predicted octanol–water partition coefficient (Wildman–Crippen LogP) is 3.29. The van der Waals surface area contributed by atoms with Crippen LogP contribution < -0.4 is 4.72 Å². The van der Waals surface area contributed by atoms with Gasteiger partial charge in [-0.2, -0.15) is 0 Å². The minimum absolute atomic E-state index is 0.0250. The van der Waals surface area contributed by atoms with E-state index in [1.54, 1.807) is 24.3 Å². The highest BCUT2D eigenvalue weighted by Gasteiger charge is 2.18. The molecule has 6 heteroatoms. The van der Waals surface area contributed by atoms with Crippen LogP contribution in [0.3, 0.4) is 0 Å². The Morgan fingerprint density at radius 2 is 1.88 bits per heavy atom. The van der Waals surface area contributed by atoms with Gasteiger partial charge in [-0.1, -0.05) is 38.8 Å². The van der Waals surface area contributed by atoms with Crippen LogP contribution in [0, 0.1) is 0 Å². The van der Waals surface area contributed by atoms with E-state index >= 15 is 0 Å². The first-order valence-electron chi connectivity index (χ1n) is 5.33. The second-order valence-corrected chi connectivity index (χ2v) is 7.08. The molecule has 0 saturated heterocycles. The van der Waals surface area contributed by atoms with Gasteiger partial charge in [0.25, 0.3) is 0 Å². The molecule has 1 aromatic rings. The fourth-order valence-corrected chi connectivity index (χ4v) is 3.55. The number of nitrogens with one attached hydrogen (secondary N) is 1. The lowest BCUT2D eigenvalue weighted by Crippen LogP contribution is -2.34. The molecule has 0 aliphatic carbocycles. The van der Waals surface area contributed by atoms with Crippen LogP contribution in [0.25, 0.3) is 0 Å². The van der Waals surface area contributed by atoms with Crippen molar-refractivity contribution in [3.8, 4) is 0 Å². The van der Waals surface area contributed by atoms with Crippen LogP contribution in [0.2, 0.25) is 0 Å². The summed E-state index contributed by atoms with van der Waals surface area (Å²) >= 11 is 6.60. The summed E-state index contributed by atoms with van der Waals surface area (Å²) in [6, 6.07) is 6.60. The van der Waals surface area contributed by atoms with Crippen LogP contribution >= 0.6 is 31.9 Å². The normalized spacial score (nSPS) is 13.6. The first-order chi connectivity index (χ1) is 7.99. The summed E-state index contributed by atoms with van der Waals surface area (Å²) in [7, 11) is -3.40. The highest BCUT2D eigenvalue weighted by Crippen LogP contribution is 2.15. The Labute approximate surface area is 119 Å². The Balaban J connectivity index is 2.84. The van der Waals surface area contributed by atoms with Gasteiger partial charge in [0.15, 0.2) is 0 Å². The number of alkyl halides is 1. The van der Waals surface area contributed by atoms with Gasteiger partial charge in [-0.15, -0.1) is 0 Å². The van der Waals surface area contributed by atoms with Crippen LogP contribution in [0.15, 0.2) is 33.6 Å². The third-order valence-corrected chi connectivity index (χ3v) is 4.92. The van der Waals surface area contributed by atoms with Crippen LogP contribution in [0.4, 0.5) is 0 Å². The molecule has 0 saturated carbocycles. The molecule has 0 aliphatic heterocycles. The summed E-state index contributed by atoms with van der Waals surface area (Å²) < 4.78 is 27.7. The van der Waals surface area contributed by atoms with Crippen molar-refractivity contribution in [3.05, 3.63) is 28.7 Å². The highest BCUT2D eigenvalue weighted by molar-refractivity contribution is 9.10. The molecule has 0 bridgehead atoms. The summed E-state index contributed by atoms with van der Waals surface area (Å²) in [6.45, 7) is 1.97. The SMILES string of the molecule is CCC(CCBr)NS(=O)(=O)c1ccc(Br)cc1. The van der Waals surface area contributed by atoms with Gasteiger partial charge in [-0.05, 0) is 37.1 Å². The second-order valence-electron chi connectivity index (χ2n) is 3.66. The van der Waals surface area contributed by atoms with E-state index in [0.29, 0.717) is 4.90 Å². The summed E-state index contributed by atoms with van der Waals surface area (Å²) in [5, 5.41) is 0.786. The van der Waals surface area contributed by atoms with Crippen LogP contribution in [-0.4, -0.2) is 19.8 Å². The molecule has 1 rings (SSSR count). The number of halogens is 2. The molecule has 3 nitrogen and oxygen atoms in total. The van der Waals surface area contributed by atoms with Crippen molar-refractivity contribution < 1.29 is 8.42 Å². The van der Waals surface area contributed by atoms with Crippen molar-refractivity contribution >= 4 is 41.9 Å². The van der Waals surface area contributed by atoms with E-state index in [1.165, 1.54) is 0 Å². The molecule has 1 unspecified atom stereocenters. The standard InChI is InChI=1S/C11H15Br2NO2S/c1-2-10(7-8-12)14-17(15,16)11-5-3-9(13)4-6-11/h3-6,10,14H,2,7-8H2,1H3. The Morgan fingerprint density at radius 3 is 2.35 bits per heavy atom. The van der Waals surface area contributed by atoms with E-state index in [1.807, 2.05) is 6.92 Å². The molecular weight excluding hydrogens is 370 g/mol. The maximum atomic E-state index is 12.0. The second kappa shape index (κ2) is 6.87. The smallest absolute Gasteiger partial charge is 0.208 e. The molecule has 0 amide bonds. The van der Waals surface area contributed by atoms with E-state index in [0.717, 1.165) is 22.6 Å². The van der Waals surface area contributed by atoms with Gasteiger partial charge in [0.1, 0.15) is 0 Å². The van der Waals surface area contributed by atoms with Crippen LogP contribution in [-0.2, 0) is 10.0 Å². The van der Waals surface area contributed by atoms with Crippen LogP contribution in [0.5, 0.6) is 0 Å². The quantitative estimate of drug-likeness (QED) is 0.765. The van der Waals surface area contributed by atoms with Gasteiger partial charge in [-0.25, -0.2) is 13.1 Å². The fraction of sp³-hybridized carbons (Fsp3) is 0.455. The third-order valence-electron chi connectivity index (χ3n) is 2.40. The molecule has 0 aromatic heterocycles. The van der Waals surface area contributed by atoms with Crippen molar-refractivity contribution in [1.29, 1.82) is 0 Å². The largest absolute Gasteiger partial charge is 0.240 e. The van der Waals surface area contributed by atoms with Gasteiger partial charge < -0.3 is 0 Å². The molecule has 0 heterocycles. The molecule has 1 aromatic carbocycles. The fourth-order valence-electron chi connectivity index (χ4n) is 1.38. The number of hydrogen-bond acceptors (Lipinski definition) is 2. The topological polar surface area (TPSA) is 46.2 Å². The lowest BCUT2D eigenvalue weighted by atomic mass is 10.2. The van der Waals surface area contributed by atoms with Gasteiger partial charge in [-0.3, -0.25) is 0 Å². The van der Waals surface area contributed by atoms with Crippen molar-refractivity contribution in [2.24, 2.45) is 0 Å². The zero-order valence-corrected chi connectivity index (χ0v) is 13.5. The lowest BCUT2D eigenvalue weighted by Gasteiger charge is -2.15. The average Bonchev–Trinajstić information content (AvgIpc) is 2.28. The molecule has 1 N–H and O–H groups in total. The summed E-state index contributed by atoms with van der Waals surface area (Å²) in [4.78, 5) is 0.300. The number of hydrogen-bond donors (Lipinski definition) is 1. The lowest BCUT2D eigenvalue weighted by molar-refractivity contribution is 0.533. The minimum atomic E-state index is -3.40. The monoisotopic (exact) mass is 383 g/mol. The Morgan fingerprint density at radius 1 is 1.29 bits per heavy atom. The summed E-state index contributed by atoms with van der Waals surface area (Å²) in [5.41, 5.74) is 0. The van der Waals surface area contributed by atoms with E-state index < -0.39 is 10.0 Å². The van der Waals surface area contributed by atoms with Crippen molar-refractivity contribution in [3.63, 3.8) is 0 Å². The maximum Gasteiger partial charge on any atom is 0.240 e. The number of sulfonamides is 1. The first kappa shape index (κ1) is 15.1. The molecule has 17 heavy (non-hydrogen) atoms. The Kier molecular flexibility index (Phi) is 6.12. The van der Waals surface area contributed by atoms with E-state index in [2.05, 4.69) is 36.6 Å². The number of benzene rings is 1. The Bertz CT molecular complexity index is 445. The summed E-state index contributed by atoms with van der Waals surface area (Å²) in [6.07, 6.45) is 1.56. The molecule has 0 spiro atoms.